The molecule has 4 rings (SSSR count). The third kappa shape index (κ3) is 5.68. The Morgan fingerprint density at radius 1 is 0.429 bits per heavy atom. The minimum Gasteiger partial charge on any atom is -0.176 e. The highest BCUT2D eigenvalue weighted by Gasteiger charge is 2.38. The minimum atomic E-state index is 0.637. The van der Waals surface area contributed by atoms with E-state index in [-0.39, 0.29) is 0 Å². The van der Waals surface area contributed by atoms with Crippen LogP contribution in [0.25, 0.3) is 0 Å². The van der Waals surface area contributed by atoms with Crippen LogP contribution in [0.5, 0.6) is 0 Å². The molecule has 0 bridgehead atoms. The Kier molecular flexibility index (Phi) is 8.09. The average Bonchev–Trinajstić information content (AvgIpc) is 2.80. The Labute approximate surface area is 186 Å². The first-order valence-corrected chi connectivity index (χ1v) is 14.0. The lowest BCUT2D eigenvalue weighted by atomic mass is 9.65. The van der Waals surface area contributed by atoms with E-state index < -0.39 is 0 Å². The fraction of sp³-hybridized carbons (Fsp3) is 1.00. The largest absolute Gasteiger partial charge is 0.176 e. The predicted octanol–water partition coefficient (Wildman–Crippen LogP) is 8.21. The van der Waals surface area contributed by atoms with Gasteiger partial charge >= 0.3 is 0 Å². The lowest BCUT2D eigenvalue weighted by Gasteiger charge is -2.42. The van der Waals surface area contributed by atoms with Crippen molar-refractivity contribution < 1.29 is 0 Å². The molecule has 0 aromatic heterocycles. The topological polar surface area (TPSA) is 0 Å². The molecule has 4 saturated carbocycles. The summed E-state index contributed by atoms with van der Waals surface area (Å²) in [5.41, 5.74) is 0. The first-order valence-electron chi connectivity index (χ1n) is 12.9. The van der Waals surface area contributed by atoms with Crippen LogP contribution < -0.4 is 0 Å². The van der Waals surface area contributed by atoms with Crippen LogP contribution in [0, 0.1) is 41.4 Å². The average molecular weight is 423 g/mol. The molecule has 4 aliphatic carbocycles. The van der Waals surface area contributed by atoms with Crippen molar-refractivity contribution in [1.82, 2.24) is 0 Å². The summed E-state index contributed by atoms with van der Waals surface area (Å²) in [4.78, 5) is 0. The fourth-order valence-corrected chi connectivity index (χ4v) is 8.88. The van der Waals surface area contributed by atoms with E-state index in [4.69, 9.17) is 25.3 Å². The van der Waals surface area contributed by atoms with E-state index in [1.165, 1.54) is 103 Å². The van der Waals surface area contributed by atoms with Crippen LogP contribution in [0.2, 0.25) is 0 Å². The van der Waals surface area contributed by atoms with Crippen molar-refractivity contribution in [2.24, 2.45) is 41.4 Å². The van der Waals surface area contributed by atoms with Gasteiger partial charge in [-0.05, 0) is 92.8 Å². The Morgan fingerprint density at radius 3 is 1.57 bits per heavy atom. The summed E-state index contributed by atoms with van der Waals surface area (Å²) in [5.74, 6) is 6.84. The molecule has 0 nitrogen and oxygen atoms in total. The normalized spacial score (nSPS) is 44.9. The number of rotatable bonds is 3. The van der Waals surface area contributed by atoms with E-state index in [2.05, 4.69) is 6.92 Å². The lowest BCUT2D eigenvalue weighted by Crippen LogP contribution is -2.32. The molecule has 7 unspecified atom stereocenters. The zero-order chi connectivity index (χ0) is 19.5. The number of hydrogen-bond acceptors (Lipinski definition) is 2. The molecule has 0 aromatic carbocycles. The first kappa shape index (κ1) is 21.9. The van der Waals surface area contributed by atoms with Crippen molar-refractivity contribution in [3.8, 4) is 0 Å². The van der Waals surface area contributed by atoms with Crippen molar-refractivity contribution in [1.29, 1.82) is 0 Å². The molecule has 0 saturated heterocycles. The Morgan fingerprint density at radius 2 is 0.929 bits per heavy atom. The Bertz CT molecular complexity index is 467. The maximum absolute atomic E-state index is 5.15. The van der Waals surface area contributed by atoms with E-state index in [0.29, 0.717) is 10.5 Å². The molecule has 28 heavy (non-hydrogen) atoms. The zero-order valence-electron chi connectivity index (χ0n) is 18.4. The van der Waals surface area contributed by atoms with Crippen LogP contribution in [0.15, 0.2) is 0 Å². The summed E-state index contributed by atoms with van der Waals surface area (Å²) in [5, 5.41) is 1.29. The first-order chi connectivity index (χ1) is 13.6. The molecular formula is C26H46S2. The summed E-state index contributed by atoms with van der Waals surface area (Å²) in [6, 6.07) is 0. The Balaban J connectivity index is 1.41. The van der Waals surface area contributed by atoms with Gasteiger partial charge in [-0.1, -0.05) is 58.3 Å². The van der Waals surface area contributed by atoms with Gasteiger partial charge in [0.1, 0.15) is 0 Å². The van der Waals surface area contributed by atoms with Crippen LogP contribution >= 0.6 is 25.3 Å². The summed E-state index contributed by atoms with van der Waals surface area (Å²) >= 11 is 10.2. The quantitative estimate of drug-likeness (QED) is 0.332. The van der Waals surface area contributed by atoms with E-state index in [1.54, 1.807) is 0 Å². The molecule has 4 aliphatic rings. The predicted molar refractivity (Wildman–Crippen MR) is 130 cm³/mol. The molecule has 4 fully saturated rings. The summed E-state index contributed by atoms with van der Waals surface area (Å²) in [6.07, 6.45) is 23.6. The molecule has 0 N–H and O–H groups in total. The third-order valence-corrected chi connectivity index (χ3v) is 10.3. The zero-order valence-corrected chi connectivity index (χ0v) is 20.2. The molecule has 2 heteroatoms. The van der Waals surface area contributed by atoms with Gasteiger partial charge in [0.15, 0.2) is 0 Å². The van der Waals surface area contributed by atoms with Gasteiger partial charge in [0.25, 0.3) is 0 Å². The minimum absolute atomic E-state index is 0.637. The second-order valence-electron chi connectivity index (χ2n) is 11.5. The number of thiol groups is 2. The lowest BCUT2D eigenvalue weighted by molar-refractivity contribution is 0.107. The Hall–Kier alpha value is 0.700. The van der Waals surface area contributed by atoms with Crippen LogP contribution in [0.4, 0.5) is 0 Å². The summed E-state index contributed by atoms with van der Waals surface area (Å²) in [6.45, 7) is 2.50. The number of hydrogen-bond donors (Lipinski definition) is 2. The van der Waals surface area contributed by atoms with Crippen molar-refractivity contribution in [3.63, 3.8) is 0 Å². The van der Waals surface area contributed by atoms with Gasteiger partial charge in [0, 0.05) is 10.5 Å². The maximum atomic E-state index is 5.15. The fourth-order valence-electron chi connectivity index (χ4n) is 7.71. The highest BCUT2D eigenvalue weighted by atomic mass is 32.1. The molecule has 0 amide bonds. The second-order valence-corrected chi connectivity index (χ2v) is 13.0. The van der Waals surface area contributed by atoms with Crippen molar-refractivity contribution in [3.05, 3.63) is 0 Å². The van der Waals surface area contributed by atoms with Gasteiger partial charge in [0.2, 0.25) is 0 Å². The molecule has 0 heterocycles. The molecule has 162 valence electrons. The molecule has 0 aliphatic heterocycles. The van der Waals surface area contributed by atoms with Crippen molar-refractivity contribution in [2.45, 2.75) is 120 Å². The molecular weight excluding hydrogens is 376 g/mol. The van der Waals surface area contributed by atoms with Crippen molar-refractivity contribution in [2.75, 3.05) is 0 Å². The standard InChI is InChI=1S/C26H46S2/c1-18-12-23(20-8-5-9-20)14-24(17-25(27)13-18)22-11-10-21(15-26(28)16-22)19-6-3-2-4-7-19/h18-28H,2-17H2,1H3. The van der Waals surface area contributed by atoms with Crippen LogP contribution in [0.3, 0.4) is 0 Å². The third-order valence-electron chi connectivity index (χ3n) is 9.42. The van der Waals surface area contributed by atoms with Gasteiger partial charge in [-0.3, -0.25) is 0 Å². The van der Waals surface area contributed by atoms with Gasteiger partial charge in [-0.25, -0.2) is 0 Å². The van der Waals surface area contributed by atoms with Gasteiger partial charge < -0.3 is 0 Å². The van der Waals surface area contributed by atoms with Gasteiger partial charge in [-0.15, -0.1) is 0 Å². The molecule has 0 aromatic rings. The van der Waals surface area contributed by atoms with E-state index >= 15 is 0 Å². The second kappa shape index (κ2) is 10.3. The van der Waals surface area contributed by atoms with E-state index in [0.717, 1.165) is 41.4 Å². The van der Waals surface area contributed by atoms with Crippen LogP contribution in [-0.4, -0.2) is 10.5 Å². The SMILES string of the molecule is CC1CC(S)CC(C2CCC(C3CCCCC3)CC(S)C2)CC(C2CCC2)C1. The highest BCUT2D eigenvalue weighted by molar-refractivity contribution is 7.81. The highest BCUT2D eigenvalue weighted by Crippen LogP contribution is 2.48. The van der Waals surface area contributed by atoms with Gasteiger partial charge in [0.05, 0.1) is 0 Å². The van der Waals surface area contributed by atoms with Crippen LogP contribution in [0.1, 0.15) is 110 Å². The maximum Gasteiger partial charge on any atom is 0.00222 e. The molecule has 0 radical (unpaired) electrons. The summed E-state index contributed by atoms with van der Waals surface area (Å²) < 4.78 is 0. The van der Waals surface area contributed by atoms with Crippen LogP contribution in [-0.2, 0) is 0 Å². The van der Waals surface area contributed by atoms with E-state index in [1.807, 2.05) is 0 Å². The molecule has 0 spiro atoms. The van der Waals surface area contributed by atoms with Crippen molar-refractivity contribution >= 4 is 25.3 Å². The molecule has 7 atom stereocenters. The monoisotopic (exact) mass is 422 g/mol. The smallest absolute Gasteiger partial charge is 0.00222 e. The van der Waals surface area contributed by atoms with Gasteiger partial charge in [-0.2, -0.15) is 25.3 Å². The summed E-state index contributed by atoms with van der Waals surface area (Å²) in [7, 11) is 0. The van der Waals surface area contributed by atoms with E-state index in [9.17, 15) is 0 Å².